The van der Waals surface area contributed by atoms with Crippen molar-refractivity contribution in [1.82, 2.24) is 10.3 Å². The molecule has 0 saturated carbocycles. The number of halogens is 1. The Kier molecular flexibility index (Phi) is 6.37. The average Bonchev–Trinajstić information content (AvgIpc) is 2.28. The lowest BCUT2D eigenvalue weighted by molar-refractivity contribution is 0.0952. The SMILES string of the molecule is Cc1cncc(C(=O)NCCCCCI)c1. The molecule has 0 fully saturated rings. The zero-order valence-corrected chi connectivity index (χ0v) is 11.7. The van der Waals surface area contributed by atoms with Crippen LogP contribution in [0.4, 0.5) is 0 Å². The fraction of sp³-hybridized carbons (Fsp3) is 0.500. The van der Waals surface area contributed by atoms with Gasteiger partial charge >= 0.3 is 0 Å². The minimum atomic E-state index is -0.0225. The normalized spacial score (nSPS) is 10.1. The standard InChI is InChI=1S/C12H17IN2O/c1-10-7-11(9-14-8-10)12(16)15-6-4-2-3-5-13/h7-9H,2-6H2,1H3,(H,15,16). The molecule has 0 saturated heterocycles. The number of carbonyl (C=O) groups is 1. The van der Waals surface area contributed by atoms with Crippen molar-refractivity contribution < 1.29 is 4.79 Å². The summed E-state index contributed by atoms with van der Waals surface area (Å²) in [5, 5.41) is 2.90. The molecule has 1 aromatic rings. The number of carbonyl (C=O) groups excluding carboxylic acids is 1. The van der Waals surface area contributed by atoms with Crippen molar-refractivity contribution >= 4 is 28.5 Å². The van der Waals surface area contributed by atoms with Crippen molar-refractivity contribution in [2.24, 2.45) is 0 Å². The van der Waals surface area contributed by atoms with E-state index >= 15 is 0 Å². The summed E-state index contributed by atoms with van der Waals surface area (Å²) in [6, 6.07) is 1.85. The molecule has 1 N–H and O–H groups in total. The molecule has 0 unspecified atom stereocenters. The molecule has 1 rings (SSSR count). The molecular formula is C12H17IN2O. The molecule has 0 aliphatic carbocycles. The molecule has 4 heteroatoms. The fourth-order valence-corrected chi connectivity index (χ4v) is 1.92. The molecule has 1 heterocycles. The van der Waals surface area contributed by atoms with Crippen LogP contribution in [0.5, 0.6) is 0 Å². The van der Waals surface area contributed by atoms with Crippen molar-refractivity contribution in [2.45, 2.75) is 26.2 Å². The number of rotatable bonds is 6. The molecular weight excluding hydrogens is 315 g/mol. The zero-order valence-electron chi connectivity index (χ0n) is 9.50. The van der Waals surface area contributed by atoms with E-state index in [-0.39, 0.29) is 5.91 Å². The molecule has 1 aromatic heterocycles. The molecule has 0 spiro atoms. The van der Waals surface area contributed by atoms with Gasteiger partial charge in [0.15, 0.2) is 0 Å². The highest BCUT2D eigenvalue weighted by molar-refractivity contribution is 14.1. The van der Waals surface area contributed by atoms with Gasteiger partial charge in [0.05, 0.1) is 5.56 Å². The zero-order chi connectivity index (χ0) is 11.8. The maximum Gasteiger partial charge on any atom is 0.252 e. The maximum atomic E-state index is 11.7. The number of pyridine rings is 1. The predicted molar refractivity (Wildman–Crippen MR) is 74.0 cm³/mol. The van der Waals surface area contributed by atoms with Crippen LogP contribution < -0.4 is 5.32 Å². The first-order valence-corrected chi connectivity index (χ1v) is 7.02. The van der Waals surface area contributed by atoms with Crippen LogP contribution in [0.2, 0.25) is 0 Å². The Morgan fingerprint density at radius 3 is 2.88 bits per heavy atom. The van der Waals surface area contributed by atoms with E-state index in [4.69, 9.17) is 0 Å². The summed E-state index contributed by atoms with van der Waals surface area (Å²) in [7, 11) is 0. The number of amides is 1. The minimum absolute atomic E-state index is 0.0225. The third kappa shape index (κ3) is 4.92. The molecule has 0 atom stereocenters. The van der Waals surface area contributed by atoms with E-state index in [0.717, 1.165) is 18.5 Å². The quantitative estimate of drug-likeness (QED) is 0.494. The number of nitrogens with zero attached hydrogens (tertiary/aromatic N) is 1. The van der Waals surface area contributed by atoms with Gasteiger partial charge in [0, 0.05) is 18.9 Å². The van der Waals surface area contributed by atoms with E-state index in [0.29, 0.717) is 5.56 Å². The molecule has 0 aromatic carbocycles. The topological polar surface area (TPSA) is 42.0 Å². The number of nitrogens with one attached hydrogen (secondary N) is 1. The second kappa shape index (κ2) is 7.60. The first kappa shape index (κ1) is 13.4. The van der Waals surface area contributed by atoms with E-state index in [1.54, 1.807) is 12.4 Å². The molecule has 3 nitrogen and oxygen atoms in total. The van der Waals surface area contributed by atoms with Crippen molar-refractivity contribution in [3.05, 3.63) is 29.6 Å². The van der Waals surface area contributed by atoms with Gasteiger partial charge in [-0.15, -0.1) is 0 Å². The van der Waals surface area contributed by atoms with Gasteiger partial charge in [0.2, 0.25) is 0 Å². The fourth-order valence-electron chi connectivity index (χ4n) is 1.38. The number of aromatic nitrogens is 1. The second-order valence-electron chi connectivity index (χ2n) is 3.76. The van der Waals surface area contributed by atoms with Gasteiger partial charge in [-0.3, -0.25) is 9.78 Å². The summed E-state index contributed by atoms with van der Waals surface area (Å²) in [6.07, 6.45) is 6.80. The van der Waals surface area contributed by atoms with Gasteiger partial charge in [0.1, 0.15) is 0 Å². The summed E-state index contributed by atoms with van der Waals surface area (Å²) >= 11 is 2.37. The Morgan fingerprint density at radius 1 is 1.38 bits per heavy atom. The van der Waals surface area contributed by atoms with Gasteiger partial charge < -0.3 is 5.32 Å². The Labute approximate surface area is 110 Å². The highest BCUT2D eigenvalue weighted by atomic mass is 127. The highest BCUT2D eigenvalue weighted by Gasteiger charge is 2.04. The van der Waals surface area contributed by atoms with Crippen LogP contribution in [-0.4, -0.2) is 21.9 Å². The predicted octanol–water partition coefficient (Wildman–Crippen LogP) is 2.73. The average molecular weight is 332 g/mol. The van der Waals surface area contributed by atoms with Gasteiger partial charge in [-0.1, -0.05) is 29.0 Å². The van der Waals surface area contributed by atoms with Crippen LogP contribution in [0, 0.1) is 6.92 Å². The minimum Gasteiger partial charge on any atom is -0.352 e. The van der Waals surface area contributed by atoms with Crippen LogP contribution in [-0.2, 0) is 0 Å². The lowest BCUT2D eigenvalue weighted by Crippen LogP contribution is -2.24. The molecule has 0 radical (unpaired) electrons. The maximum absolute atomic E-state index is 11.7. The summed E-state index contributed by atoms with van der Waals surface area (Å²) in [6.45, 7) is 2.69. The summed E-state index contributed by atoms with van der Waals surface area (Å²) in [5.74, 6) is -0.0225. The van der Waals surface area contributed by atoms with Crippen LogP contribution in [0.3, 0.4) is 0 Å². The second-order valence-corrected chi connectivity index (χ2v) is 4.84. The van der Waals surface area contributed by atoms with Crippen LogP contribution in [0.1, 0.15) is 35.2 Å². The van der Waals surface area contributed by atoms with Crippen LogP contribution in [0.15, 0.2) is 18.5 Å². The van der Waals surface area contributed by atoms with Gasteiger partial charge in [-0.25, -0.2) is 0 Å². The van der Waals surface area contributed by atoms with E-state index < -0.39 is 0 Å². The largest absolute Gasteiger partial charge is 0.352 e. The van der Waals surface area contributed by atoms with Crippen LogP contribution >= 0.6 is 22.6 Å². The van der Waals surface area contributed by atoms with Crippen molar-refractivity contribution in [1.29, 1.82) is 0 Å². The van der Waals surface area contributed by atoms with Crippen molar-refractivity contribution in [2.75, 3.05) is 11.0 Å². The van der Waals surface area contributed by atoms with E-state index in [2.05, 4.69) is 32.9 Å². The monoisotopic (exact) mass is 332 g/mol. The van der Waals surface area contributed by atoms with Crippen molar-refractivity contribution in [3.8, 4) is 0 Å². The highest BCUT2D eigenvalue weighted by Crippen LogP contribution is 2.01. The summed E-state index contributed by atoms with van der Waals surface area (Å²) in [4.78, 5) is 15.7. The van der Waals surface area contributed by atoms with E-state index in [1.807, 2.05) is 13.0 Å². The van der Waals surface area contributed by atoms with E-state index in [1.165, 1.54) is 17.3 Å². The summed E-state index contributed by atoms with van der Waals surface area (Å²) < 4.78 is 1.19. The van der Waals surface area contributed by atoms with Gasteiger partial charge in [0.25, 0.3) is 5.91 Å². The molecule has 0 aliphatic heterocycles. The third-order valence-corrected chi connectivity index (χ3v) is 3.00. The Morgan fingerprint density at radius 2 is 2.19 bits per heavy atom. The molecule has 1 amide bonds. The first-order valence-electron chi connectivity index (χ1n) is 5.50. The molecule has 0 bridgehead atoms. The van der Waals surface area contributed by atoms with Gasteiger partial charge in [-0.2, -0.15) is 0 Å². The van der Waals surface area contributed by atoms with Crippen LogP contribution in [0.25, 0.3) is 0 Å². The molecule has 88 valence electrons. The Bertz CT molecular complexity index is 342. The number of unbranched alkanes of at least 4 members (excludes halogenated alkanes) is 2. The lowest BCUT2D eigenvalue weighted by atomic mass is 10.2. The van der Waals surface area contributed by atoms with Crippen molar-refractivity contribution in [3.63, 3.8) is 0 Å². The number of hydrogen-bond donors (Lipinski definition) is 1. The molecule has 16 heavy (non-hydrogen) atoms. The Balaban J connectivity index is 2.30. The van der Waals surface area contributed by atoms with E-state index in [9.17, 15) is 4.79 Å². The summed E-state index contributed by atoms with van der Waals surface area (Å²) in [5.41, 5.74) is 1.66. The smallest absolute Gasteiger partial charge is 0.252 e. The lowest BCUT2D eigenvalue weighted by Gasteiger charge is -2.04. The number of aryl methyl sites for hydroxylation is 1. The number of hydrogen-bond acceptors (Lipinski definition) is 2. The first-order chi connectivity index (χ1) is 7.74. The number of alkyl halides is 1. The Hall–Kier alpha value is -0.650. The molecule has 0 aliphatic rings. The van der Waals surface area contributed by atoms with Gasteiger partial charge in [-0.05, 0) is 35.8 Å². The third-order valence-electron chi connectivity index (χ3n) is 2.23.